The van der Waals surface area contributed by atoms with E-state index in [1.807, 2.05) is 42.5 Å². The van der Waals surface area contributed by atoms with E-state index in [-0.39, 0.29) is 5.91 Å². The number of hydrogen-bond acceptors (Lipinski definition) is 4. The van der Waals surface area contributed by atoms with Crippen LogP contribution in [0.1, 0.15) is 21.5 Å². The van der Waals surface area contributed by atoms with Crippen LogP contribution in [0.25, 0.3) is 0 Å². The van der Waals surface area contributed by atoms with E-state index < -0.39 is 0 Å². The van der Waals surface area contributed by atoms with Gasteiger partial charge in [0.2, 0.25) is 0 Å². The Bertz CT molecular complexity index is 897. The Morgan fingerprint density at radius 3 is 2.57 bits per heavy atom. The van der Waals surface area contributed by atoms with Gasteiger partial charge in [-0.05, 0) is 36.1 Å². The van der Waals surface area contributed by atoms with Crippen LogP contribution in [-0.2, 0) is 12.8 Å². The highest BCUT2D eigenvalue weighted by atomic mass is 16.5. The lowest BCUT2D eigenvalue weighted by atomic mass is 10.1. The highest BCUT2D eigenvalue weighted by molar-refractivity contribution is 5.94. The average Bonchev–Trinajstić information content (AvgIpc) is 2.75. The molecule has 0 spiro atoms. The molecule has 0 fully saturated rings. The number of para-hydroxylation sites is 1. The molecular weight excluding hydrogens is 350 g/mol. The first-order valence-corrected chi connectivity index (χ1v) is 9.39. The maximum Gasteiger partial charge on any atom is 0.252 e. The highest BCUT2D eigenvalue weighted by Crippen LogP contribution is 2.18. The number of rotatable bonds is 9. The van der Waals surface area contributed by atoms with Gasteiger partial charge in [0.25, 0.3) is 5.91 Å². The Hall–Kier alpha value is -3.34. The predicted octanol–water partition coefficient (Wildman–Crippen LogP) is 3.72. The van der Waals surface area contributed by atoms with Crippen LogP contribution < -0.4 is 15.4 Å². The van der Waals surface area contributed by atoms with Gasteiger partial charge >= 0.3 is 0 Å². The van der Waals surface area contributed by atoms with Crippen molar-refractivity contribution in [2.45, 2.75) is 12.8 Å². The summed E-state index contributed by atoms with van der Waals surface area (Å²) in [5, 5.41) is 6.27. The van der Waals surface area contributed by atoms with E-state index in [1.165, 1.54) is 5.56 Å². The number of carbonyl (C=O) groups is 1. The number of carbonyl (C=O) groups excluding carboxylic acids is 1. The molecule has 28 heavy (non-hydrogen) atoms. The van der Waals surface area contributed by atoms with Gasteiger partial charge in [0, 0.05) is 25.5 Å². The van der Waals surface area contributed by atoms with E-state index in [0.717, 1.165) is 36.4 Å². The SMILES string of the molecule is COc1ccccc1CCNc1cncc(C(=O)NCCc2ccccc2)c1. The molecule has 0 saturated carbocycles. The third-order valence-electron chi connectivity index (χ3n) is 4.46. The maximum atomic E-state index is 12.4. The second kappa shape index (κ2) is 10.1. The number of anilines is 1. The van der Waals surface area contributed by atoms with Gasteiger partial charge in [-0.15, -0.1) is 0 Å². The van der Waals surface area contributed by atoms with E-state index in [4.69, 9.17) is 4.74 Å². The first kappa shape index (κ1) is 19.4. The monoisotopic (exact) mass is 375 g/mol. The molecule has 0 atom stereocenters. The van der Waals surface area contributed by atoms with Gasteiger partial charge in [0.15, 0.2) is 0 Å². The van der Waals surface area contributed by atoms with Gasteiger partial charge in [0.1, 0.15) is 5.75 Å². The van der Waals surface area contributed by atoms with Gasteiger partial charge in [-0.3, -0.25) is 9.78 Å². The number of nitrogens with zero attached hydrogens (tertiary/aromatic N) is 1. The molecule has 3 aromatic rings. The molecule has 5 nitrogen and oxygen atoms in total. The number of aromatic nitrogens is 1. The molecule has 0 saturated heterocycles. The predicted molar refractivity (Wildman–Crippen MR) is 112 cm³/mol. The zero-order valence-corrected chi connectivity index (χ0v) is 16.0. The zero-order chi connectivity index (χ0) is 19.6. The topological polar surface area (TPSA) is 63.2 Å². The van der Waals surface area contributed by atoms with E-state index >= 15 is 0 Å². The first-order valence-electron chi connectivity index (χ1n) is 9.39. The number of methoxy groups -OCH3 is 1. The number of pyridine rings is 1. The van der Waals surface area contributed by atoms with Gasteiger partial charge in [-0.25, -0.2) is 0 Å². The summed E-state index contributed by atoms with van der Waals surface area (Å²) in [6, 6.07) is 19.9. The molecule has 2 N–H and O–H groups in total. The lowest BCUT2D eigenvalue weighted by Gasteiger charge is -2.10. The summed E-state index contributed by atoms with van der Waals surface area (Å²) in [5.74, 6) is 0.769. The average molecular weight is 375 g/mol. The zero-order valence-electron chi connectivity index (χ0n) is 16.0. The largest absolute Gasteiger partial charge is 0.496 e. The number of hydrogen-bond donors (Lipinski definition) is 2. The standard InChI is InChI=1S/C23H25N3O2/c1-28-22-10-6-5-9-19(22)12-14-25-21-15-20(16-24-17-21)23(27)26-13-11-18-7-3-2-4-8-18/h2-10,15-17,25H,11-14H2,1H3,(H,26,27). The van der Waals surface area contributed by atoms with Crippen LogP contribution in [0.2, 0.25) is 0 Å². The van der Waals surface area contributed by atoms with Crippen molar-refractivity contribution >= 4 is 11.6 Å². The van der Waals surface area contributed by atoms with Crippen LogP contribution in [0.15, 0.2) is 73.1 Å². The maximum absolute atomic E-state index is 12.4. The van der Waals surface area contributed by atoms with E-state index in [9.17, 15) is 4.79 Å². The number of ether oxygens (including phenoxy) is 1. The molecule has 0 aliphatic rings. The van der Waals surface area contributed by atoms with Gasteiger partial charge in [-0.2, -0.15) is 0 Å². The molecule has 1 heterocycles. The van der Waals surface area contributed by atoms with Crippen LogP contribution in [0.4, 0.5) is 5.69 Å². The van der Waals surface area contributed by atoms with Crippen molar-refractivity contribution in [1.82, 2.24) is 10.3 Å². The van der Waals surface area contributed by atoms with E-state index in [2.05, 4.69) is 33.8 Å². The van der Waals surface area contributed by atoms with Crippen molar-refractivity contribution in [1.29, 1.82) is 0 Å². The molecule has 1 aromatic heterocycles. The summed E-state index contributed by atoms with van der Waals surface area (Å²) >= 11 is 0. The number of amides is 1. The summed E-state index contributed by atoms with van der Waals surface area (Å²) in [6.07, 6.45) is 4.93. The smallest absolute Gasteiger partial charge is 0.252 e. The van der Waals surface area contributed by atoms with Crippen LogP contribution in [0, 0.1) is 0 Å². The third kappa shape index (κ3) is 5.58. The Labute approximate surface area is 165 Å². The minimum atomic E-state index is -0.114. The van der Waals surface area contributed by atoms with Crippen molar-refractivity contribution in [2.75, 3.05) is 25.5 Å². The fourth-order valence-corrected chi connectivity index (χ4v) is 2.98. The quantitative estimate of drug-likeness (QED) is 0.598. The molecule has 5 heteroatoms. The van der Waals surface area contributed by atoms with Crippen molar-refractivity contribution in [3.63, 3.8) is 0 Å². The van der Waals surface area contributed by atoms with Crippen molar-refractivity contribution in [3.8, 4) is 5.75 Å². The second-order valence-electron chi connectivity index (χ2n) is 6.44. The van der Waals surface area contributed by atoms with Crippen molar-refractivity contribution in [3.05, 3.63) is 89.7 Å². The fourth-order valence-electron chi connectivity index (χ4n) is 2.98. The van der Waals surface area contributed by atoms with Crippen molar-refractivity contribution in [2.24, 2.45) is 0 Å². The van der Waals surface area contributed by atoms with E-state index in [1.54, 1.807) is 19.5 Å². The minimum absolute atomic E-state index is 0.114. The molecule has 2 aromatic carbocycles. The number of nitrogens with one attached hydrogen (secondary N) is 2. The summed E-state index contributed by atoms with van der Waals surface area (Å²) < 4.78 is 5.38. The Morgan fingerprint density at radius 1 is 0.964 bits per heavy atom. The molecule has 1 amide bonds. The second-order valence-corrected chi connectivity index (χ2v) is 6.44. The Balaban J connectivity index is 1.49. The Morgan fingerprint density at radius 2 is 1.75 bits per heavy atom. The molecule has 0 aliphatic carbocycles. The molecule has 0 aliphatic heterocycles. The van der Waals surface area contributed by atoms with Crippen LogP contribution >= 0.6 is 0 Å². The molecule has 0 unspecified atom stereocenters. The summed E-state index contributed by atoms with van der Waals surface area (Å²) in [4.78, 5) is 16.6. The van der Waals surface area contributed by atoms with Crippen LogP contribution in [0.3, 0.4) is 0 Å². The van der Waals surface area contributed by atoms with Crippen molar-refractivity contribution < 1.29 is 9.53 Å². The summed E-state index contributed by atoms with van der Waals surface area (Å²) in [7, 11) is 1.68. The highest BCUT2D eigenvalue weighted by Gasteiger charge is 2.07. The fraction of sp³-hybridized carbons (Fsp3) is 0.217. The third-order valence-corrected chi connectivity index (χ3v) is 4.46. The van der Waals surface area contributed by atoms with Gasteiger partial charge in [0.05, 0.1) is 18.4 Å². The lowest BCUT2D eigenvalue weighted by Crippen LogP contribution is -2.25. The lowest BCUT2D eigenvalue weighted by molar-refractivity contribution is 0.0954. The minimum Gasteiger partial charge on any atom is -0.496 e. The van der Waals surface area contributed by atoms with Crippen LogP contribution in [-0.4, -0.2) is 31.1 Å². The van der Waals surface area contributed by atoms with Gasteiger partial charge < -0.3 is 15.4 Å². The van der Waals surface area contributed by atoms with E-state index in [0.29, 0.717) is 12.1 Å². The molecule has 0 radical (unpaired) electrons. The molecule has 3 rings (SSSR count). The molecule has 144 valence electrons. The first-order chi connectivity index (χ1) is 13.8. The summed E-state index contributed by atoms with van der Waals surface area (Å²) in [6.45, 7) is 1.31. The number of benzene rings is 2. The normalized spacial score (nSPS) is 10.3. The molecular formula is C23H25N3O2. The summed E-state index contributed by atoms with van der Waals surface area (Å²) in [5.41, 5.74) is 3.72. The molecule has 0 bridgehead atoms. The van der Waals surface area contributed by atoms with Gasteiger partial charge in [-0.1, -0.05) is 48.5 Å². The van der Waals surface area contributed by atoms with Crippen LogP contribution in [0.5, 0.6) is 5.75 Å². The Kier molecular flexibility index (Phi) is 7.01.